The number of fused-ring (bicyclic) bond motifs is 1. The number of aromatic amines is 2. The number of H-pyrrole nitrogens is 2. The summed E-state index contributed by atoms with van der Waals surface area (Å²) in [6.45, 7) is 4.21. The van der Waals surface area contributed by atoms with Gasteiger partial charge in [-0.25, -0.2) is 0 Å². The van der Waals surface area contributed by atoms with Crippen LogP contribution in [-0.4, -0.2) is 26.9 Å². The molecule has 0 bridgehead atoms. The van der Waals surface area contributed by atoms with E-state index in [4.69, 9.17) is 17.0 Å². The molecule has 0 aliphatic rings. The summed E-state index contributed by atoms with van der Waals surface area (Å²) >= 11 is 5.46. The molecule has 4 rings (SSSR count). The fourth-order valence-corrected chi connectivity index (χ4v) is 3.32. The van der Waals surface area contributed by atoms with Crippen molar-refractivity contribution >= 4 is 23.1 Å². The van der Waals surface area contributed by atoms with Gasteiger partial charge in [-0.1, -0.05) is 6.07 Å². The van der Waals surface area contributed by atoms with E-state index in [0.717, 1.165) is 28.3 Å². The SMILES string of the molecule is COc1cccc(-n2c(-c3ccc4[nH]c(C)c(C)c4c3)n[nH]c2=S)c1. The second-order valence-corrected chi connectivity index (χ2v) is 6.41. The lowest BCUT2D eigenvalue weighted by Crippen LogP contribution is -1.98. The van der Waals surface area contributed by atoms with Gasteiger partial charge in [0.05, 0.1) is 12.8 Å². The number of hydrogen-bond acceptors (Lipinski definition) is 3. The zero-order valence-corrected chi connectivity index (χ0v) is 15.1. The topological polar surface area (TPSA) is 58.6 Å². The van der Waals surface area contributed by atoms with Crippen molar-refractivity contribution in [2.45, 2.75) is 13.8 Å². The van der Waals surface area contributed by atoms with Crippen LogP contribution in [-0.2, 0) is 0 Å². The number of hydrogen-bond donors (Lipinski definition) is 2. The number of nitrogens with one attached hydrogen (secondary N) is 2. The van der Waals surface area contributed by atoms with E-state index in [2.05, 4.69) is 47.2 Å². The van der Waals surface area contributed by atoms with E-state index >= 15 is 0 Å². The van der Waals surface area contributed by atoms with E-state index in [1.807, 2.05) is 28.8 Å². The summed E-state index contributed by atoms with van der Waals surface area (Å²) in [6, 6.07) is 14.1. The number of methoxy groups -OCH3 is 1. The van der Waals surface area contributed by atoms with Crippen LogP contribution in [0.15, 0.2) is 42.5 Å². The third-order valence-electron chi connectivity index (χ3n) is 4.55. The first kappa shape index (κ1) is 15.7. The quantitative estimate of drug-likeness (QED) is 0.526. The highest BCUT2D eigenvalue weighted by atomic mass is 32.1. The summed E-state index contributed by atoms with van der Waals surface area (Å²) < 4.78 is 7.80. The molecular weight excluding hydrogens is 332 g/mol. The zero-order chi connectivity index (χ0) is 17.6. The molecule has 0 amide bonds. The molecule has 0 saturated heterocycles. The van der Waals surface area contributed by atoms with Crippen molar-refractivity contribution in [3.63, 3.8) is 0 Å². The summed E-state index contributed by atoms with van der Waals surface area (Å²) in [6.07, 6.45) is 0. The minimum Gasteiger partial charge on any atom is -0.497 e. The molecule has 2 aromatic heterocycles. The van der Waals surface area contributed by atoms with Gasteiger partial charge in [-0.05, 0) is 62.0 Å². The minimum absolute atomic E-state index is 0.547. The number of rotatable bonds is 3. The number of aryl methyl sites for hydroxylation is 2. The Morgan fingerprint density at radius 2 is 1.96 bits per heavy atom. The highest BCUT2D eigenvalue weighted by Gasteiger charge is 2.13. The van der Waals surface area contributed by atoms with Gasteiger partial charge in [0.1, 0.15) is 5.75 Å². The lowest BCUT2D eigenvalue weighted by atomic mass is 10.1. The number of nitrogens with zero attached hydrogens (tertiary/aromatic N) is 2. The van der Waals surface area contributed by atoms with Crippen LogP contribution in [0, 0.1) is 18.6 Å². The Labute approximate surface area is 150 Å². The third-order valence-corrected chi connectivity index (χ3v) is 4.82. The second kappa shape index (κ2) is 5.89. The van der Waals surface area contributed by atoms with Crippen LogP contribution in [0.25, 0.3) is 28.0 Å². The normalized spacial score (nSPS) is 11.2. The molecule has 0 aliphatic carbocycles. The van der Waals surface area contributed by atoms with Gasteiger partial charge in [0.25, 0.3) is 0 Å². The Bertz CT molecular complexity index is 1140. The maximum absolute atomic E-state index is 5.46. The lowest BCUT2D eigenvalue weighted by Gasteiger charge is -2.09. The van der Waals surface area contributed by atoms with E-state index in [-0.39, 0.29) is 0 Å². The van der Waals surface area contributed by atoms with E-state index in [0.29, 0.717) is 4.77 Å². The van der Waals surface area contributed by atoms with Crippen LogP contribution < -0.4 is 4.74 Å². The minimum atomic E-state index is 0.547. The highest BCUT2D eigenvalue weighted by molar-refractivity contribution is 7.71. The van der Waals surface area contributed by atoms with E-state index in [1.54, 1.807) is 7.11 Å². The molecule has 2 N–H and O–H groups in total. The van der Waals surface area contributed by atoms with Crippen molar-refractivity contribution in [3.05, 3.63) is 58.5 Å². The van der Waals surface area contributed by atoms with Gasteiger partial charge >= 0.3 is 0 Å². The zero-order valence-electron chi connectivity index (χ0n) is 14.3. The molecule has 25 heavy (non-hydrogen) atoms. The molecule has 0 spiro atoms. The Hall–Kier alpha value is -2.86. The molecule has 126 valence electrons. The van der Waals surface area contributed by atoms with Gasteiger partial charge in [-0.2, -0.15) is 5.10 Å². The molecule has 6 heteroatoms. The molecule has 4 aromatic rings. The summed E-state index contributed by atoms with van der Waals surface area (Å²) in [4.78, 5) is 3.40. The summed E-state index contributed by atoms with van der Waals surface area (Å²) in [5.41, 5.74) is 5.47. The van der Waals surface area contributed by atoms with Crippen molar-refractivity contribution in [1.82, 2.24) is 19.7 Å². The Kier molecular flexibility index (Phi) is 3.69. The second-order valence-electron chi connectivity index (χ2n) is 6.02. The van der Waals surface area contributed by atoms with E-state index in [9.17, 15) is 0 Å². The average molecular weight is 350 g/mol. The van der Waals surface area contributed by atoms with Gasteiger partial charge in [0.2, 0.25) is 0 Å². The number of ether oxygens (including phenoxy) is 1. The van der Waals surface area contributed by atoms with Crippen molar-refractivity contribution < 1.29 is 4.74 Å². The lowest BCUT2D eigenvalue weighted by molar-refractivity contribution is 0.414. The maximum Gasteiger partial charge on any atom is 0.200 e. The monoisotopic (exact) mass is 350 g/mol. The average Bonchev–Trinajstić information content (AvgIpc) is 3.15. The van der Waals surface area contributed by atoms with Gasteiger partial charge in [0.15, 0.2) is 10.6 Å². The largest absolute Gasteiger partial charge is 0.497 e. The smallest absolute Gasteiger partial charge is 0.200 e. The van der Waals surface area contributed by atoms with Crippen LogP contribution in [0.2, 0.25) is 0 Å². The van der Waals surface area contributed by atoms with Crippen molar-refractivity contribution in [2.24, 2.45) is 0 Å². The molecule has 5 nitrogen and oxygen atoms in total. The molecule has 2 aromatic carbocycles. The Balaban J connectivity index is 1.92. The number of aromatic nitrogens is 4. The predicted octanol–water partition coefficient (Wildman–Crippen LogP) is 4.70. The summed E-state index contributed by atoms with van der Waals surface area (Å²) in [5, 5.41) is 8.56. The Morgan fingerprint density at radius 1 is 1.12 bits per heavy atom. The molecule has 0 saturated carbocycles. The van der Waals surface area contributed by atoms with Gasteiger partial charge in [-0.15, -0.1) is 0 Å². The molecule has 0 atom stereocenters. The third kappa shape index (κ3) is 2.55. The molecule has 0 radical (unpaired) electrons. The first-order valence-electron chi connectivity index (χ1n) is 7.99. The van der Waals surface area contributed by atoms with Gasteiger partial charge in [0, 0.05) is 28.2 Å². The fraction of sp³-hybridized carbons (Fsp3) is 0.158. The van der Waals surface area contributed by atoms with Crippen molar-refractivity contribution in [3.8, 4) is 22.8 Å². The van der Waals surface area contributed by atoms with Crippen molar-refractivity contribution in [1.29, 1.82) is 0 Å². The molecule has 2 heterocycles. The Morgan fingerprint density at radius 3 is 2.76 bits per heavy atom. The highest BCUT2D eigenvalue weighted by Crippen LogP contribution is 2.29. The summed E-state index contributed by atoms with van der Waals surface area (Å²) in [5.74, 6) is 1.55. The first-order valence-corrected chi connectivity index (χ1v) is 8.40. The molecular formula is C19H18N4OS. The van der Waals surface area contributed by atoms with E-state index in [1.165, 1.54) is 16.6 Å². The van der Waals surface area contributed by atoms with Crippen LogP contribution in [0.5, 0.6) is 5.75 Å². The molecule has 0 aliphatic heterocycles. The van der Waals surface area contributed by atoms with Crippen LogP contribution in [0.3, 0.4) is 0 Å². The molecule has 0 unspecified atom stereocenters. The number of benzene rings is 2. The fourth-order valence-electron chi connectivity index (χ4n) is 3.08. The van der Waals surface area contributed by atoms with E-state index < -0.39 is 0 Å². The van der Waals surface area contributed by atoms with Gasteiger partial charge in [-0.3, -0.25) is 9.67 Å². The predicted molar refractivity (Wildman–Crippen MR) is 102 cm³/mol. The van der Waals surface area contributed by atoms with Gasteiger partial charge < -0.3 is 9.72 Å². The molecule has 0 fully saturated rings. The first-order chi connectivity index (χ1) is 12.1. The maximum atomic E-state index is 5.46. The standard InChI is InChI=1S/C19H18N4OS/c1-11-12(2)20-17-8-7-13(9-16(11)17)18-21-22-19(25)23(18)14-5-4-6-15(10-14)24-3/h4-10,20H,1-3H3,(H,22,25). The van der Waals surface area contributed by atoms with Crippen LogP contribution in [0.1, 0.15) is 11.3 Å². The van der Waals surface area contributed by atoms with Crippen LogP contribution >= 0.6 is 12.2 Å². The summed E-state index contributed by atoms with van der Waals surface area (Å²) in [7, 11) is 1.65. The van der Waals surface area contributed by atoms with Crippen LogP contribution in [0.4, 0.5) is 0 Å². The van der Waals surface area contributed by atoms with Crippen molar-refractivity contribution in [2.75, 3.05) is 7.11 Å².